The first-order valence-electron chi connectivity index (χ1n) is 8.88. The fourth-order valence-electron chi connectivity index (χ4n) is 2.40. The molecular weight excluding hydrogens is 351 g/mol. The predicted octanol–water partition coefficient (Wildman–Crippen LogP) is 3.55. The highest BCUT2D eigenvalue weighted by molar-refractivity contribution is 7.09. The van der Waals surface area contributed by atoms with Crippen molar-refractivity contribution in [3.63, 3.8) is 0 Å². The van der Waals surface area contributed by atoms with Crippen molar-refractivity contribution in [3.8, 4) is 5.75 Å². The second-order valence-corrected chi connectivity index (χ2v) is 6.91. The molecule has 1 atom stereocenters. The summed E-state index contributed by atoms with van der Waals surface area (Å²) in [6.07, 6.45) is 2.70. The summed E-state index contributed by atoms with van der Waals surface area (Å²) in [4.78, 5) is 8.70. The van der Waals surface area contributed by atoms with E-state index in [0.717, 1.165) is 37.5 Å². The number of hydrogen-bond acceptors (Lipinski definition) is 4. The van der Waals surface area contributed by atoms with E-state index < -0.39 is 0 Å². The van der Waals surface area contributed by atoms with Crippen LogP contribution in [-0.4, -0.2) is 37.2 Å². The lowest BCUT2D eigenvalue weighted by Gasteiger charge is -2.20. The maximum absolute atomic E-state index is 13.3. The first-order valence-corrected chi connectivity index (χ1v) is 9.76. The van der Waals surface area contributed by atoms with Crippen LogP contribution in [0.3, 0.4) is 0 Å². The van der Waals surface area contributed by atoms with Crippen molar-refractivity contribution in [2.24, 2.45) is 4.99 Å². The molecule has 0 aliphatic rings. The Kier molecular flexibility index (Phi) is 8.34. The van der Waals surface area contributed by atoms with Gasteiger partial charge in [0.1, 0.15) is 17.7 Å². The van der Waals surface area contributed by atoms with Gasteiger partial charge in [0.25, 0.3) is 0 Å². The fraction of sp³-hybridized carbons (Fsp3) is 0.474. The van der Waals surface area contributed by atoms with Gasteiger partial charge in [-0.1, -0.05) is 13.0 Å². The minimum atomic E-state index is -0.293. The molecule has 7 heteroatoms. The molecule has 1 unspecified atom stereocenters. The Labute approximate surface area is 158 Å². The monoisotopic (exact) mass is 378 g/mol. The molecule has 5 nitrogen and oxygen atoms in total. The Bertz CT molecular complexity index is 704. The Hall–Kier alpha value is -2.15. The van der Waals surface area contributed by atoms with Crippen molar-refractivity contribution in [2.75, 3.05) is 20.1 Å². The van der Waals surface area contributed by atoms with Crippen molar-refractivity contribution < 1.29 is 9.13 Å². The van der Waals surface area contributed by atoms with Crippen molar-refractivity contribution in [2.45, 2.75) is 39.2 Å². The summed E-state index contributed by atoms with van der Waals surface area (Å²) < 4.78 is 19.1. The molecule has 2 N–H and O–H groups in total. The van der Waals surface area contributed by atoms with E-state index in [1.54, 1.807) is 30.5 Å². The van der Waals surface area contributed by atoms with Gasteiger partial charge in [-0.05, 0) is 31.9 Å². The molecular formula is C19H27FN4OS. The first-order chi connectivity index (χ1) is 12.6. The van der Waals surface area contributed by atoms with E-state index in [1.165, 1.54) is 17.1 Å². The second kappa shape index (κ2) is 10.8. The van der Waals surface area contributed by atoms with Gasteiger partial charge < -0.3 is 15.4 Å². The number of nitrogens with one attached hydrogen (secondary N) is 2. The van der Waals surface area contributed by atoms with Gasteiger partial charge in [0, 0.05) is 37.2 Å². The van der Waals surface area contributed by atoms with Crippen molar-refractivity contribution in [1.29, 1.82) is 0 Å². The molecule has 26 heavy (non-hydrogen) atoms. The normalized spacial score (nSPS) is 12.7. The summed E-state index contributed by atoms with van der Waals surface area (Å²) >= 11 is 1.71. The molecule has 0 saturated carbocycles. The zero-order valence-corrected chi connectivity index (χ0v) is 16.4. The second-order valence-electron chi connectivity index (χ2n) is 5.97. The minimum absolute atomic E-state index is 0.0614. The topological polar surface area (TPSA) is 58.5 Å². The number of aliphatic imine (C=N–C) groups is 1. The summed E-state index contributed by atoms with van der Waals surface area (Å²) in [5.74, 6) is 0.986. The number of guanidine groups is 1. The Balaban J connectivity index is 1.70. The molecule has 0 spiro atoms. The third kappa shape index (κ3) is 7.00. The van der Waals surface area contributed by atoms with E-state index in [2.05, 4.69) is 26.0 Å². The van der Waals surface area contributed by atoms with Crippen molar-refractivity contribution in [1.82, 2.24) is 15.6 Å². The molecule has 0 fully saturated rings. The number of thiazole rings is 1. The van der Waals surface area contributed by atoms with Crippen LogP contribution >= 0.6 is 11.3 Å². The average molecular weight is 379 g/mol. The molecule has 0 radical (unpaired) electrons. The van der Waals surface area contributed by atoms with Gasteiger partial charge in [-0.15, -0.1) is 11.3 Å². The molecule has 0 bridgehead atoms. The lowest BCUT2D eigenvalue weighted by atomic mass is 10.2. The average Bonchev–Trinajstić information content (AvgIpc) is 3.05. The highest BCUT2D eigenvalue weighted by Gasteiger charge is 2.10. The summed E-state index contributed by atoms with van der Waals surface area (Å²) in [7, 11) is 1.74. The highest BCUT2D eigenvalue weighted by Crippen LogP contribution is 2.14. The van der Waals surface area contributed by atoms with Crippen LogP contribution in [0.15, 0.2) is 34.6 Å². The molecule has 0 amide bonds. The van der Waals surface area contributed by atoms with Crippen LogP contribution in [0.5, 0.6) is 5.75 Å². The molecule has 0 aliphatic heterocycles. The minimum Gasteiger partial charge on any atom is -0.489 e. The molecule has 142 valence electrons. The largest absolute Gasteiger partial charge is 0.489 e. The highest BCUT2D eigenvalue weighted by atomic mass is 32.1. The lowest BCUT2D eigenvalue weighted by molar-refractivity contribution is 0.199. The third-order valence-corrected chi connectivity index (χ3v) is 4.83. The zero-order valence-electron chi connectivity index (χ0n) is 15.6. The molecule has 1 aromatic heterocycles. The number of rotatable bonds is 9. The van der Waals surface area contributed by atoms with Gasteiger partial charge in [0.05, 0.1) is 11.6 Å². The Morgan fingerprint density at radius 2 is 2.23 bits per heavy atom. The van der Waals surface area contributed by atoms with E-state index in [-0.39, 0.29) is 11.9 Å². The molecule has 0 aliphatic carbocycles. The van der Waals surface area contributed by atoms with Crippen molar-refractivity contribution >= 4 is 17.3 Å². The standard InChI is InChI=1S/C19H27FN4OS/c1-4-16(25-17-8-5-7-15(20)11-17)12-23-19(21-3)22-10-6-9-18-24-14(2)13-26-18/h5,7-8,11,13,16H,4,6,9-10,12H2,1-3H3,(H2,21,22,23). The van der Waals surface area contributed by atoms with E-state index in [9.17, 15) is 4.39 Å². The molecule has 1 aromatic carbocycles. The van der Waals surface area contributed by atoms with Gasteiger partial charge in [-0.2, -0.15) is 0 Å². The maximum atomic E-state index is 13.3. The predicted molar refractivity (Wildman–Crippen MR) is 106 cm³/mol. The third-order valence-electron chi connectivity index (χ3n) is 3.80. The smallest absolute Gasteiger partial charge is 0.191 e. The SMILES string of the molecule is CCC(CNC(=NC)NCCCc1nc(C)cs1)Oc1cccc(F)c1. The number of aryl methyl sites for hydroxylation is 2. The summed E-state index contributed by atoms with van der Waals surface area (Å²) in [5, 5.41) is 9.81. The number of ether oxygens (including phenoxy) is 1. The van der Waals surface area contributed by atoms with Crippen LogP contribution in [-0.2, 0) is 6.42 Å². The number of hydrogen-bond donors (Lipinski definition) is 2. The maximum Gasteiger partial charge on any atom is 0.191 e. The fourth-order valence-corrected chi connectivity index (χ4v) is 3.22. The number of nitrogens with zero attached hydrogens (tertiary/aromatic N) is 2. The summed E-state index contributed by atoms with van der Waals surface area (Å²) in [5.41, 5.74) is 1.08. The van der Waals surface area contributed by atoms with Crippen LogP contribution in [0.2, 0.25) is 0 Å². The van der Waals surface area contributed by atoms with Crippen molar-refractivity contribution in [3.05, 3.63) is 46.2 Å². The van der Waals surface area contributed by atoms with Crippen LogP contribution in [0.4, 0.5) is 4.39 Å². The van der Waals surface area contributed by atoms with Gasteiger partial charge in [-0.3, -0.25) is 4.99 Å². The van der Waals surface area contributed by atoms with E-state index in [0.29, 0.717) is 12.3 Å². The summed E-state index contributed by atoms with van der Waals surface area (Å²) in [6.45, 7) is 5.47. The Morgan fingerprint density at radius 3 is 2.88 bits per heavy atom. The quantitative estimate of drug-likeness (QED) is 0.398. The van der Waals surface area contributed by atoms with Crippen LogP contribution in [0.25, 0.3) is 0 Å². The number of halogens is 1. The molecule has 0 saturated heterocycles. The number of benzene rings is 1. The Morgan fingerprint density at radius 1 is 1.38 bits per heavy atom. The van der Waals surface area contributed by atoms with Crippen LogP contribution < -0.4 is 15.4 Å². The zero-order chi connectivity index (χ0) is 18.8. The molecule has 1 heterocycles. The molecule has 2 aromatic rings. The van der Waals surface area contributed by atoms with E-state index in [4.69, 9.17) is 4.74 Å². The molecule has 2 rings (SSSR count). The van der Waals surface area contributed by atoms with Crippen LogP contribution in [0.1, 0.15) is 30.5 Å². The van der Waals surface area contributed by atoms with Gasteiger partial charge >= 0.3 is 0 Å². The number of aromatic nitrogens is 1. The van der Waals surface area contributed by atoms with Gasteiger partial charge in [-0.25, -0.2) is 9.37 Å². The lowest BCUT2D eigenvalue weighted by Crippen LogP contribution is -2.42. The summed E-state index contributed by atoms with van der Waals surface area (Å²) in [6, 6.07) is 6.22. The van der Waals surface area contributed by atoms with E-state index in [1.807, 2.05) is 13.8 Å². The van der Waals surface area contributed by atoms with Crippen LogP contribution in [0, 0.1) is 12.7 Å². The van der Waals surface area contributed by atoms with Gasteiger partial charge in [0.15, 0.2) is 5.96 Å². The first kappa shape index (κ1) is 20.2. The van der Waals surface area contributed by atoms with E-state index >= 15 is 0 Å². The van der Waals surface area contributed by atoms with Gasteiger partial charge in [0.2, 0.25) is 0 Å².